The van der Waals surface area contributed by atoms with Gasteiger partial charge in [0.15, 0.2) is 0 Å². The summed E-state index contributed by atoms with van der Waals surface area (Å²) >= 11 is 0. The van der Waals surface area contributed by atoms with E-state index < -0.39 is 11.7 Å². The minimum absolute atomic E-state index is 0.157. The van der Waals surface area contributed by atoms with Crippen molar-refractivity contribution < 1.29 is 19.4 Å². The first-order valence-corrected chi connectivity index (χ1v) is 8.91. The monoisotopic (exact) mass is 348 g/mol. The number of nitrogens with one attached hydrogen (secondary N) is 2. The molecule has 2 rings (SSSR count). The Morgan fingerprint density at radius 2 is 1.84 bits per heavy atom. The summed E-state index contributed by atoms with van der Waals surface area (Å²) in [6, 6.07) is 9.32. The molecule has 1 saturated carbocycles. The lowest BCUT2D eigenvalue weighted by molar-refractivity contribution is -0.122. The summed E-state index contributed by atoms with van der Waals surface area (Å²) in [7, 11) is 0. The van der Waals surface area contributed by atoms with Crippen molar-refractivity contribution in [1.29, 1.82) is 0 Å². The van der Waals surface area contributed by atoms with Gasteiger partial charge in [0, 0.05) is 6.54 Å². The van der Waals surface area contributed by atoms with Crippen LogP contribution in [0.5, 0.6) is 0 Å². The lowest BCUT2D eigenvalue weighted by Gasteiger charge is -2.35. The van der Waals surface area contributed by atoms with Crippen LogP contribution in [-0.2, 0) is 16.1 Å². The highest BCUT2D eigenvalue weighted by Crippen LogP contribution is 2.32. The molecule has 1 aliphatic carbocycles. The van der Waals surface area contributed by atoms with Gasteiger partial charge >= 0.3 is 6.09 Å². The van der Waals surface area contributed by atoms with E-state index in [0.717, 1.165) is 31.2 Å². The van der Waals surface area contributed by atoms with Crippen LogP contribution < -0.4 is 10.6 Å². The number of rotatable bonds is 7. The number of amides is 2. The predicted octanol–water partition coefficient (Wildman–Crippen LogP) is 2.36. The number of alkyl carbamates (subject to hydrolysis) is 1. The molecule has 0 aliphatic heterocycles. The van der Waals surface area contributed by atoms with Gasteiger partial charge in [0.1, 0.15) is 6.61 Å². The van der Waals surface area contributed by atoms with Crippen LogP contribution in [0.4, 0.5) is 4.79 Å². The Balaban J connectivity index is 1.63. The van der Waals surface area contributed by atoms with E-state index in [0.29, 0.717) is 0 Å². The smallest absolute Gasteiger partial charge is 0.407 e. The second kappa shape index (κ2) is 9.42. The van der Waals surface area contributed by atoms with Crippen molar-refractivity contribution in [2.45, 2.75) is 51.2 Å². The van der Waals surface area contributed by atoms with Crippen molar-refractivity contribution in [3.05, 3.63) is 35.9 Å². The standard InChI is InChI=1S/C19H28N2O4/c1-19(24,16-10-6-3-7-11-16)14-21-17(22)12-20-18(23)25-13-15-8-4-2-5-9-15/h2,4-5,8-9,16,24H,3,6-7,10-14H2,1H3,(H,20,23)(H,21,22)/t19-/m1/s1. The third kappa shape index (κ3) is 6.74. The highest BCUT2D eigenvalue weighted by Gasteiger charge is 2.32. The fourth-order valence-corrected chi connectivity index (χ4v) is 3.14. The fraction of sp³-hybridized carbons (Fsp3) is 0.579. The van der Waals surface area contributed by atoms with Crippen molar-refractivity contribution >= 4 is 12.0 Å². The van der Waals surface area contributed by atoms with E-state index in [4.69, 9.17) is 4.74 Å². The van der Waals surface area contributed by atoms with Crippen LogP contribution in [0.15, 0.2) is 30.3 Å². The van der Waals surface area contributed by atoms with Crippen LogP contribution >= 0.6 is 0 Å². The van der Waals surface area contributed by atoms with Crippen molar-refractivity contribution in [2.24, 2.45) is 5.92 Å². The van der Waals surface area contributed by atoms with E-state index in [2.05, 4.69) is 10.6 Å². The molecule has 6 heteroatoms. The largest absolute Gasteiger partial charge is 0.445 e. The van der Waals surface area contributed by atoms with Gasteiger partial charge in [-0.1, -0.05) is 49.6 Å². The average molecular weight is 348 g/mol. The molecule has 1 aliphatic rings. The summed E-state index contributed by atoms with van der Waals surface area (Å²) in [6.45, 7) is 1.95. The maximum absolute atomic E-state index is 11.9. The van der Waals surface area contributed by atoms with Crippen LogP contribution in [0, 0.1) is 5.92 Å². The molecule has 0 unspecified atom stereocenters. The topological polar surface area (TPSA) is 87.7 Å². The summed E-state index contributed by atoms with van der Waals surface area (Å²) in [4.78, 5) is 23.5. The minimum Gasteiger partial charge on any atom is -0.445 e. The number of ether oxygens (including phenoxy) is 1. The maximum atomic E-state index is 11.9. The lowest BCUT2D eigenvalue weighted by Crippen LogP contribution is -2.48. The SMILES string of the molecule is C[C@@](O)(CNC(=O)CNC(=O)OCc1ccccc1)C1CCCCC1. The third-order valence-electron chi connectivity index (χ3n) is 4.73. The Labute approximate surface area is 149 Å². The van der Waals surface area contributed by atoms with Gasteiger partial charge in [-0.3, -0.25) is 4.79 Å². The van der Waals surface area contributed by atoms with Gasteiger partial charge in [-0.05, 0) is 31.2 Å². The van der Waals surface area contributed by atoms with Gasteiger partial charge in [0.25, 0.3) is 0 Å². The Bertz CT molecular complexity index is 554. The van der Waals surface area contributed by atoms with Crippen molar-refractivity contribution in [2.75, 3.05) is 13.1 Å². The highest BCUT2D eigenvalue weighted by molar-refractivity contribution is 5.82. The van der Waals surface area contributed by atoms with Crippen LogP contribution in [0.1, 0.15) is 44.6 Å². The summed E-state index contributed by atoms with van der Waals surface area (Å²) in [5.41, 5.74) is -0.0326. The number of hydrogen-bond donors (Lipinski definition) is 3. The zero-order valence-corrected chi connectivity index (χ0v) is 14.8. The van der Waals surface area contributed by atoms with E-state index in [1.807, 2.05) is 30.3 Å². The number of aliphatic hydroxyl groups is 1. The number of benzene rings is 1. The number of carbonyl (C=O) groups is 2. The van der Waals surface area contributed by atoms with Crippen LogP contribution in [0.2, 0.25) is 0 Å². The molecule has 0 spiro atoms. The van der Waals surface area contributed by atoms with E-state index in [9.17, 15) is 14.7 Å². The average Bonchev–Trinajstić information content (AvgIpc) is 2.64. The van der Waals surface area contributed by atoms with Crippen molar-refractivity contribution in [3.63, 3.8) is 0 Å². The fourth-order valence-electron chi connectivity index (χ4n) is 3.14. The molecule has 0 heterocycles. The van der Waals surface area contributed by atoms with Gasteiger partial charge in [-0.15, -0.1) is 0 Å². The number of hydrogen-bond acceptors (Lipinski definition) is 4. The molecule has 3 N–H and O–H groups in total. The normalized spacial score (nSPS) is 17.4. The zero-order valence-electron chi connectivity index (χ0n) is 14.8. The predicted molar refractivity (Wildman–Crippen MR) is 94.8 cm³/mol. The molecule has 25 heavy (non-hydrogen) atoms. The van der Waals surface area contributed by atoms with E-state index in [1.165, 1.54) is 6.42 Å². The molecule has 0 aromatic heterocycles. The van der Waals surface area contributed by atoms with Gasteiger partial charge < -0.3 is 20.5 Å². The van der Waals surface area contributed by atoms with Crippen molar-refractivity contribution in [3.8, 4) is 0 Å². The van der Waals surface area contributed by atoms with E-state index >= 15 is 0 Å². The van der Waals surface area contributed by atoms with Gasteiger partial charge in [0.2, 0.25) is 5.91 Å². The first kappa shape index (κ1) is 19.2. The number of carbonyl (C=O) groups excluding carboxylic acids is 2. The van der Waals surface area contributed by atoms with Gasteiger partial charge in [-0.2, -0.15) is 0 Å². The Morgan fingerprint density at radius 1 is 1.16 bits per heavy atom. The second-order valence-corrected chi connectivity index (χ2v) is 6.88. The van der Waals surface area contributed by atoms with Crippen LogP contribution in [0.3, 0.4) is 0 Å². The molecule has 1 fully saturated rings. The molecular formula is C19H28N2O4. The highest BCUT2D eigenvalue weighted by atomic mass is 16.5. The quantitative estimate of drug-likeness (QED) is 0.706. The summed E-state index contributed by atoms with van der Waals surface area (Å²) in [5.74, 6) is -0.127. The Hall–Kier alpha value is -2.08. The zero-order chi connectivity index (χ0) is 18.1. The van der Waals surface area contributed by atoms with Crippen LogP contribution in [-0.4, -0.2) is 35.8 Å². The van der Waals surface area contributed by atoms with Gasteiger partial charge in [-0.25, -0.2) is 4.79 Å². The maximum Gasteiger partial charge on any atom is 0.407 e. The summed E-state index contributed by atoms with van der Waals surface area (Å²) in [5, 5.41) is 15.7. The molecule has 0 radical (unpaired) electrons. The molecule has 1 atom stereocenters. The van der Waals surface area contributed by atoms with Crippen molar-refractivity contribution in [1.82, 2.24) is 10.6 Å². The second-order valence-electron chi connectivity index (χ2n) is 6.88. The summed E-state index contributed by atoms with van der Waals surface area (Å²) in [6.07, 6.45) is 4.82. The first-order chi connectivity index (χ1) is 12.0. The third-order valence-corrected chi connectivity index (χ3v) is 4.73. The van der Waals surface area contributed by atoms with E-state index in [1.54, 1.807) is 6.92 Å². The molecular weight excluding hydrogens is 320 g/mol. The minimum atomic E-state index is -0.913. The molecule has 6 nitrogen and oxygen atoms in total. The van der Waals surface area contributed by atoms with Crippen LogP contribution in [0.25, 0.3) is 0 Å². The first-order valence-electron chi connectivity index (χ1n) is 8.91. The Morgan fingerprint density at radius 3 is 2.52 bits per heavy atom. The molecule has 138 valence electrons. The van der Waals surface area contributed by atoms with Gasteiger partial charge in [0.05, 0.1) is 12.1 Å². The van der Waals surface area contributed by atoms with E-state index in [-0.39, 0.29) is 31.5 Å². The molecule has 1 aromatic rings. The summed E-state index contributed by atoms with van der Waals surface area (Å²) < 4.78 is 5.04. The molecule has 1 aromatic carbocycles. The Kier molecular flexibility index (Phi) is 7.25. The molecule has 0 saturated heterocycles. The lowest BCUT2D eigenvalue weighted by atomic mass is 9.78. The molecule has 0 bridgehead atoms. The molecule has 2 amide bonds.